The van der Waals surface area contributed by atoms with Crippen molar-refractivity contribution in [2.75, 3.05) is 0 Å². The van der Waals surface area contributed by atoms with Crippen LogP contribution in [0, 0.1) is 17.0 Å². The number of halogens is 3. The Balaban J connectivity index is 3.34. The molecule has 5 heteroatoms. The summed E-state index contributed by atoms with van der Waals surface area (Å²) in [5, 5.41) is 0. The lowest BCUT2D eigenvalue weighted by atomic mass is 9.84. The highest BCUT2D eigenvalue weighted by Crippen LogP contribution is 2.40. The molecule has 0 aliphatic heterocycles. The second-order valence-electron chi connectivity index (χ2n) is 5.53. The summed E-state index contributed by atoms with van der Waals surface area (Å²) in [5.41, 5.74) is -0.354. The van der Waals surface area contributed by atoms with Crippen molar-refractivity contribution in [2.45, 2.75) is 40.0 Å². The first-order valence-corrected chi connectivity index (χ1v) is 8.95. The zero-order valence-electron chi connectivity index (χ0n) is 11.3. The molecule has 101 valence electrons. The van der Waals surface area contributed by atoms with E-state index in [-0.39, 0.29) is 15.5 Å². The van der Waals surface area contributed by atoms with Crippen molar-refractivity contribution in [1.82, 2.24) is 0 Å². The van der Waals surface area contributed by atoms with Gasteiger partial charge in [0.15, 0.2) is 0 Å². The van der Waals surface area contributed by atoms with Crippen molar-refractivity contribution in [3.63, 3.8) is 0 Å². The van der Waals surface area contributed by atoms with Gasteiger partial charge in [-0.05, 0) is 46.6 Å². The van der Waals surface area contributed by atoms with Crippen molar-refractivity contribution in [1.29, 1.82) is 0 Å². The molecule has 1 unspecified atom stereocenters. The molecule has 0 aromatic heterocycles. The average molecular weight is 336 g/mol. The van der Waals surface area contributed by atoms with Gasteiger partial charge in [0.2, 0.25) is 9.04 Å². The van der Waals surface area contributed by atoms with Gasteiger partial charge in [-0.25, -0.2) is 8.78 Å². The van der Waals surface area contributed by atoms with Gasteiger partial charge in [0, 0.05) is 0 Å². The minimum absolute atomic E-state index is 0.0167. The number of hydrogen-bond acceptors (Lipinski definition) is 1. The summed E-state index contributed by atoms with van der Waals surface area (Å²) >= 11 is 3.09. The Kier molecular flexibility index (Phi) is 5.09. The molecule has 1 atom stereocenters. The molecule has 1 nitrogen and oxygen atoms in total. The van der Waals surface area contributed by atoms with Crippen LogP contribution in [0.2, 0.25) is 13.1 Å². The summed E-state index contributed by atoms with van der Waals surface area (Å²) in [6.45, 7) is 9.67. The molecular weight excluding hydrogens is 318 g/mol. The Morgan fingerprint density at radius 3 is 2.22 bits per heavy atom. The van der Waals surface area contributed by atoms with Crippen LogP contribution >= 0.6 is 15.9 Å². The summed E-state index contributed by atoms with van der Waals surface area (Å²) in [5.74, 6) is -1.13. The fourth-order valence-corrected chi connectivity index (χ4v) is 2.98. The Hall–Kier alpha value is -0.263. The first-order valence-electron chi connectivity index (χ1n) is 5.74. The Bertz CT molecular complexity index is 430. The van der Waals surface area contributed by atoms with E-state index in [1.807, 2.05) is 33.9 Å². The van der Waals surface area contributed by atoms with E-state index in [4.69, 9.17) is 4.43 Å². The molecule has 0 N–H and O–H groups in total. The lowest BCUT2D eigenvalue weighted by molar-refractivity contribution is 0.0793. The molecule has 0 aliphatic rings. The van der Waals surface area contributed by atoms with Gasteiger partial charge in [0.25, 0.3) is 0 Å². The molecule has 0 saturated carbocycles. The smallest absolute Gasteiger partial charge is 0.205 e. The monoisotopic (exact) mass is 335 g/mol. The van der Waals surface area contributed by atoms with Crippen molar-refractivity contribution in [2.24, 2.45) is 5.41 Å². The quantitative estimate of drug-likeness (QED) is 0.552. The molecule has 0 bridgehead atoms. The standard InChI is InChI=1S/C13H18BrF2OSi/c1-13(2,3)12(17-18(4)5)10-9(15)7-6-8(14)11(10)16/h6-7,12H,1-5H3. The van der Waals surface area contributed by atoms with E-state index in [1.165, 1.54) is 12.1 Å². The molecule has 0 aliphatic carbocycles. The molecule has 0 saturated heterocycles. The normalized spacial score (nSPS) is 14.1. The van der Waals surface area contributed by atoms with Crippen LogP contribution in [0.5, 0.6) is 0 Å². The van der Waals surface area contributed by atoms with Crippen molar-refractivity contribution >= 4 is 25.0 Å². The number of hydrogen-bond donors (Lipinski definition) is 0. The first kappa shape index (κ1) is 15.8. The predicted molar refractivity (Wildman–Crippen MR) is 74.8 cm³/mol. The van der Waals surface area contributed by atoms with Gasteiger partial charge in [-0.2, -0.15) is 0 Å². The maximum atomic E-state index is 14.1. The van der Waals surface area contributed by atoms with Gasteiger partial charge in [0.05, 0.1) is 16.1 Å². The van der Waals surface area contributed by atoms with Crippen molar-refractivity contribution < 1.29 is 13.2 Å². The molecule has 0 amide bonds. The second kappa shape index (κ2) is 5.80. The summed E-state index contributed by atoms with van der Waals surface area (Å²) in [4.78, 5) is 0. The summed E-state index contributed by atoms with van der Waals surface area (Å²) < 4.78 is 34.1. The zero-order chi connectivity index (χ0) is 14.1. The van der Waals surface area contributed by atoms with Crippen LogP contribution in [0.4, 0.5) is 8.78 Å². The lowest BCUT2D eigenvalue weighted by Crippen LogP contribution is -2.27. The SMILES string of the molecule is C[Si](C)OC(c1c(F)ccc(Br)c1F)C(C)(C)C. The van der Waals surface area contributed by atoms with Crippen LogP contribution in [0.15, 0.2) is 16.6 Å². The van der Waals surface area contributed by atoms with Crippen LogP contribution in [-0.2, 0) is 4.43 Å². The van der Waals surface area contributed by atoms with E-state index in [2.05, 4.69) is 15.9 Å². The van der Waals surface area contributed by atoms with Crippen LogP contribution in [-0.4, -0.2) is 9.04 Å². The third kappa shape index (κ3) is 3.62. The Morgan fingerprint density at radius 1 is 1.22 bits per heavy atom. The first-order chi connectivity index (χ1) is 8.14. The topological polar surface area (TPSA) is 9.23 Å². The summed E-state index contributed by atoms with van der Waals surface area (Å²) in [6, 6.07) is 2.64. The van der Waals surface area contributed by atoms with Crippen LogP contribution in [0.25, 0.3) is 0 Å². The average Bonchev–Trinajstić information content (AvgIpc) is 2.21. The molecular formula is C13H18BrF2OSi. The highest BCUT2D eigenvalue weighted by molar-refractivity contribution is 9.10. The van der Waals surface area contributed by atoms with Crippen molar-refractivity contribution in [3.8, 4) is 0 Å². The minimum Gasteiger partial charge on any atom is -0.410 e. The fourth-order valence-electron chi connectivity index (χ4n) is 1.69. The molecule has 0 heterocycles. The molecule has 0 spiro atoms. The molecule has 18 heavy (non-hydrogen) atoms. The minimum atomic E-state index is -1.06. The zero-order valence-corrected chi connectivity index (χ0v) is 13.9. The lowest BCUT2D eigenvalue weighted by Gasteiger charge is -2.33. The van der Waals surface area contributed by atoms with E-state index >= 15 is 0 Å². The second-order valence-corrected chi connectivity index (χ2v) is 8.44. The molecule has 0 fully saturated rings. The highest BCUT2D eigenvalue weighted by atomic mass is 79.9. The molecule has 1 rings (SSSR count). The predicted octanol–water partition coefficient (Wildman–Crippen LogP) is 5.08. The third-order valence-corrected chi connectivity index (χ3v) is 3.80. The van der Waals surface area contributed by atoms with E-state index in [0.29, 0.717) is 0 Å². The van der Waals surface area contributed by atoms with Gasteiger partial charge in [-0.15, -0.1) is 0 Å². The molecule has 1 radical (unpaired) electrons. The van der Waals surface area contributed by atoms with Gasteiger partial charge in [0.1, 0.15) is 11.6 Å². The maximum absolute atomic E-state index is 14.1. The Labute approximate surface area is 117 Å². The summed E-state index contributed by atoms with van der Waals surface area (Å²) in [7, 11) is -1.06. The van der Waals surface area contributed by atoms with Gasteiger partial charge in [-0.1, -0.05) is 20.8 Å². The van der Waals surface area contributed by atoms with Gasteiger partial charge in [-0.3, -0.25) is 0 Å². The largest absolute Gasteiger partial charge is 0.410 e. The van der Waals surface area contributed by atoms with Crippen LogP contribution < -0.4 is 0 Å². The van der Waals surface area contributed by atoms with Crippen molar-refractivity contribution in [3.05, 3.63) is 33.8 Å². The van der Waals surface area contributed by atoms with Gasteiger partial charge < -0.3 is 4.43 Å². The van der Waals surface area contributed by atoms with E-state index in [1.54, 1.807) is 0 Å². The van der Waals surface area contributed by atoms with E-state index in [0.717, 1.165) is 0 Å². The Morgan fingerprint density at radius 2 is 1.78 bits per heavy atom. The maximum Gasteiger partial charge on any atom is 0.205 e. The van der Waals surface area contributed by atoms with Crippen LogP contribution in [0.1, 0.15) is 32.4 Å². The highest BCUT2D eigenvalue weighted by Gasteiger charge is 2.33. The van der Waals surface area contributed by atoms with E-state index < -0.39 is 26.8 Å². The fraction of sp³-hybridized carbons (Fsp3) is 0.538. The summed E-state index contributed by atoms with van der Waals surface area (Å²) in [6.07, 6.45) is -0.584. The van der Waals surface area contributed by atoms with E-state index in [9.17, 15) is 8.78 Å². The third-order valence-electron chi connectivity index (χ3n) is 2.48. The van der Waals surface area contributed by atoms with Crippen LogP contribution in [0.3, 0.4) is 0 Å². The number of rotatable bonds is 3. The molecule has 1 aromatic rings. The molecule has 1 aromatic carbocycles. The number of benzene rings is 1. The van der Waals surface area contributed by atoms with Gasteiger partial charge >= 0.3 is 0 Å².